The minimum atomic E-state index is -0.443. The van der Waals surface area contributed by atoms with Gasteiger partial charge in [-0.2, -0.15) is 0 Å². The predicted molar refractivity (Wildman–Crippen MR) is 90.9 cm³/mol. The summed E-state index contributed by atoms with van der Waals surface area (Å²) in [6, 6.07) is 18.7. The van der Waals surface area contributed by atoms with Gasteiger partial charge < -0.3 is 10.2 Å². The Morgan fingerprint density at radius 1 is 1.00 bits per heavy atom. The molecule has 0 bridgehead atoms. The molecule has 0 saturated heterocycles. The summed E-state index contributed by atoms with van der Waals surface area (Å²) in [5.41, 5.74) is 1.49. The highest BCUT2D eigenvalue weighted by molar-refractivity contribution is 6.02. The maximum atomic E-state index is 13.1. The lowest BCUT2D eigenvalue weighted by molar-refractivity contribution is 0.102. The fourth-order valence-electron chi connectivity index (χ4n) is 2.17. The number of hydrogen-bond donors (Lipinski definition) is 1. The van der Waals surface area contributed by atoms with Crippen LogP contribution in [-0.2, 0) is 0 Å². The maximum Gasteiger partial charge on any atom is 0.276 e. The van der Waals surface area contributed by atoms with Gasteiger partial charge in [0.1, 0.15) is 5.82 Å². The Morgan fingerprint density at radius 2 is 1.79 bits per heavy atom. The van der Waals surface area contributed by atoms with Gasteiger partial charge in [0.05, 0.1) is 0 Å². The molecule has 1 aromatic heterocycles. The van der Waals surface area contributed by atoms with Crippen LogP contribution in [0.15, 0.2) is 66.7 Å². The summed E-state index contributed by atoms with van der Waals surface area (Å²) in [5, 5.41) is 10.6. The molecule has 0 aliphatic carbocycles. The second-order valence-corrected chi connectivity index (χ2v) is 5.14. The number of para-hydroxylation sites is 1. The fraction of sp³-hybridized carbons (Fsp3) is 0.0556. The molecule has 24 heavy (non-hydrogen) atoms. The first-order chi connectivity index (χ1) is 11.6. The van der Waals surface area contributed by atoms with Crippen molar-refractivity contribution in [2.45, 2.75) is 0 Å². The summed E-state index contributed by atoms with van der Waals surface area (Å²) in [7, 11) is 1.87. The lowest BCUT2D eigenvalue weighted by Crippen LogP contribution is -2.16. The molecule has 0 spiro atoms. The first-order valence-corrected chi connectivity index (χ1v) is 7.33. The molecule has 6 heteroatoms. The second-order valence-electron chi connectivity index (χ2n) is 5.14. The Labute approximate surface area is 138 Å². The number of nitrogens with zero attached hydrogens (tertiary/aromatic N) is 3. The van der Waals surface area contributed by atoms with Crippen LogP contribution in [-0.4, -0.2) is 23.2 Å². The molecule has 1 heterocycles. The van der Waals surface area contributed by atoms with Crippen molar-refractivity contribution < 1.29 is 9.18 Å². The molecule has 0 fully saturated rings. The molecule has 0 saturated carbocycles. The Hall–Kier alpha value is -3.28. The standard InChI is InChI=1S/C18H15FN4O/c1-23(15-8-3-2-4-9-15)17-11-10-16(21-22-17)18(24)20-14-7-5-6-13(19)12-14/h2-12H,1H3,(H,20,24). The van der Waals surface area contributed by atoms with Crippen LogP contribution in [0.2, 0.25) is 0 Å². The lowest BCUT2D eigenvalue weighted by atomic mass is 10.3. The van der Waals surface area contributed by atoms with E-state index in [0.717, 1.165) is 5.69 Å². The topological polar surface area (TPSA) is 58.1 Å². The van der Waals surface area contributed by atoms with E-state index in [9.17, 15) is 9.18 Å². The van der Waals surface area contributed by atoms with Gasteiger partial charge in [-0.3, -0.25) is 4.79 Å². The number of anilines is 3. The number of hydrogen-bond acceptors (Lipinski definition) is 4. The van der Waals surface area contributed by atoms with Gasteiger partial charge >= 0.3 is 0 Å². The van der Waals surface area contributed by atoms with Crippen LogP contribution in [0, 0.1) is 5.82 Å². The van der Waals surface area contributed by atoms with Gasteiger partial charge in [-0.1, -0.05) is 24.3 Å². The van der Waals surface area contributed by atoms with Crippen LogP contribution >= 0.6 is 0 Å². The number of amides is 1. The third kappa shape index (κ3) is 3.55. The van der Waals surface area contributed by atoms with E-state index in [-0.39, 0.29) is 5.69 Å². The molecule has 3 rings (SSSR count). The fourth-order valence-corrected chi connectivity index (χ4v) is 2.17. The monoisotopic (exact) mass is 322 g/mol. The number of carbonyl (C=O) groups excluding carboxylic acids is 1. The van der Waals surface area contributed by atoms with Gasteiger partial charge in [-0.15, -0.1) is 10.2 Å². The highest BCUT2D eigenvalue weighted by Gasteiger charge is 2.11. The second kappa shape index (κ2) is 6.87. The summed E-state index contributed by atoms with van der Waals surface area (Å²) < 4.78 is 13.1. The molecule has 2 aromatic carbocycles. The summed E-state index contributed by atoms with van der Waals surface area (Å²) >= 11 is 0. The van der Waals surface area contributed by atoms with Gasteiger partial charge in [0.25, 0.3) is 5.91 Å². The van der Waals surface area contributed by atoms with E-state index < -0.39 is 11.7 Å². The summed E-state index contributed by atoms with van der Waals surface area (Å²) in [5.74, 6) is -0.246. The number of rotatable bonds is 4. The average molecular weight is 322 g/mol. The quantitative estimate of drug-likeness (QED) is 0.797. The molecule has 3 aromatic rings. The van der Waals surface area contributed by atoms with E-state index in [2.05, 4.69) is 15.5 Å². The van der Waals surface area contributed by atoms with E-state index in [4.69, 9.17) is 0 Å². The molecule has 0 radical (unpaired) electrons. The SMILES string of the molecule is CN(c1ccccc1)c1ccc(C(=O)Nc2cccc(F)c2)nn1. The zero-order valence-electron chi connectivity index (χ0n) is 13.0. The van der Waals surface area contributed by atoms with Gasteiger partial charge in [-0.05, 0) is 42.5 Å². The van der Waals surface area contributed by atoms with Crippen molar-refractivity contribution in [2.75, 3.05) is 17.3 Å². The number of carbonyl (C=O) groups is 1. The molecule has 1 N–H and O–H groups in total. The number of nitrogens with one attached hydrogen (secondary N) is 1. The Bertz CT molecular complexity index is 837. The summed E-state index contributed by atoms with van der Waals surface area (Å²) in [6.45, 7) is 0. The van der Waals surface area contributed by atoms with Gasteiger partial charge in [0, 0.05) is 18.4 Å². The zero-order valence-corrected chi connectivity index (χ0v) is 13.0. The normalized spacial score (nSPS) is 10.2. The van der Waals surface area contributed by atoms with Crippen molar-refractivity contribution in [3.05, 3.63) is 78.2 Å². The van der Waals surface area contributed by atoms with Gasteiger partial charge in [0.15, 0.2) is 11.5 Å². The Balaban J connectivity index is 1.73. The van der Waals surface area contributed by atoms with Crippen molar-refractivity contribution in [2.24, 2.45) is 0 Å². The largest absolute Gasteiger partial charge is 0.328 e. The average Bonchev–Trinajstić information content (AvgIpc) is 2.62. The van der Waals surface area contributed by atoms with E-state index >= 15 is 0 Å². The highest BCUT2D eigenvalue weighted by Crippen LogP contribution is 2.20. The number of halogens is 1. The van der Waals surface area contributed by atoms with Crippen molar-refractivity contribution >= 4 is 23.1 Å². The van der Waals surface area contributed by atoms with Crippen LogP contribution in [0.5, 0.6) is 0 Å². The maximum absolute atomic E-state index is 13.1. The van der Waals surface area contributed by atoms with Gasteiger partial charge in [-0.25, -0.2) is 4.39 Å². The number of benzene rings is 2. The van der Waals surface area contributed by atoms with Crippen LogP contribution in [0.3, 0.4) is 0 Å². The number of aromatic nitrogens is 2. The van der Waals surface area contributed by atoms with Crippen LogP contribution < -0.4 is 10.2 Å². The van der Waals surface area contributed by atoms with Crippen molar-refractivity contribution in [1.29, 1.82) is 0 Å². The molecule has 0 unspecified atom stereocenters. The minimum absolute atomic E-state index is 0.157. The van der Waals surface area contributed by atoms with Crippen LogP contribution in [0.25, 0.3) is 0 Å². The molecular formula is C18H15FN4O. The molecule has 1 amide bonds. The zero-order chi connectivity index (χ0) is 16.9. The highest BCUT2D eigenvalue weighted by atomic mass is 19.1. The lowest BCUT2D eigenvalue weighted by Gasteiger charge is -2.17. The molecule has 120 valence electrons. The van der Waals surface area contributed by atoms with Crippen molar-refractivity contribution in [1.82, 2.24) is 10.2 Å². The Morgan fingerprint density at radius 3 is 2.46 bits per heavy atom. The van der Waals surface area contributed by atoms with E-state index in [0.29, 0.717) is 11.5 Å². The minimum Gasteiger partial charge on any atom is -0.328 e. The molecule has 0 aliphatic heterocycles. The van der Waals surface area contributed by atoms with Crippen molar-refractivity contribution in [3.63, 3.8) is 0 Å². The van der Waals surface area contributed by atoms with Crippen LogP contribution in [0.4, 0.5) is 21.6 Å². The van der Waals surface area contributed by atoms with Gasteiger partial charge in [0.2, 0.25) is 0 Å². The predicted octanol–water partition coefficient (Wildman–Crippen LogP) is 3.64. The van der Waals surface area contributed by atoms with Crippen LogP contribution in [0.1, 0.15) is 10.5 Å². The Kier molecular flexibility index (Phi) is 4.47. The third-order valence-electron chi connectivity index (χ3n) is 3.45. The molecule has 0 atom stereocenters. The molecule has 0 aliphatic rings. The van der Waals surface area contributed by atoms with E-state index in [1.165, 1.54) is 18.2 Å². The van der Waals surface area contributed by atoms with Crippen molar-refractivity contribution in [3.8, 4) is 0 Å². The summed E-state index contributed by atoms with van der Waals surface area (Å²) in [6.07, 6.45) is 0. The first kappa shape index (κ1) is 15.6. The molecular weight excluding hydrogens is 307 g/mol. The smallest absolute Gasteiger partial charge is 0.276 e. The van der Waals surface area contributed by atoms with E-state index in [1.807, 2.05) is 42.3 Å². The molecule has 5 nitrogen and oxygen atoms in total. The first-order valence-electron chi connectivity index (χ1n) is 7.33. The third-order valence-corrected chi connectivity index (χ3v) is 3.45. The van der Waals surface area contributed by atoms with E-state index in [1.54, 1.807) is 18.2 Å². The summed E-state index contributed by atoms with van der Waals surface area (Å²) in [4.78, 5) is 14.0.